The summed E-state index contributed by atoms with van der Waals surface area (Å²) in [5, 5.41) is 17.7. The van der Waals surface area contributed by atoms with E-state index < -0.39 is 6.10 Å². The van der Waals surface area contributed by atoms with Crippen LogP contribution >= 0.6 is 0 Å². The molecule has 144 valence electrons. The number of carbonyl (C=O) groups excluding carboxylic acids is 1. The van der Waals surface area contributed by atoms with E-state index in [0.717, 1.165) is 22.5 Å². The molecule has 1 aromatic carbocycles. The Hall–Kier alpha value is -2.99. The minimum absolute atomic E-state index is 0.0243. The number of β-amino-alcohol motifs (C(OH)–C–C–N with tert-alkyl or cyclic N) is 1. The Labute approximate surface area is 164 Å². The number of likely N-dealkylation sites (tertiary alicyclic amines) is 1. The molecule has 28 heavy (non-hydrogen) atoms. The Morgan fingerprint density at radius 3 is 2.71 bits per heavy atom. The Balaban J connectivity index is 1.59. The first-order valence-electron chi connectivity index (χ1n) is 9.52. The van der Waals surface area contributed by atoms with Crippen molar-refractivity contribution in [1.29, 1.82) is 0 Å². The van der Waals surface area contributed by atoms with Gasteiger partial charge in [-0.2, -0.15) is 5.10 Å². The number of aliphatic hydroxyl groups is 1. The first-order valence-corrected chi connectivity index (χ1v) is 9.52. The normalized spacial score (nSPS) is 19.2. The number of aliphatic hydroxyl groups excluding tert-OH is 1. The summed E-state index contributed by atoms with van der Waals surface area (Å²) in [5.41, 5.74) is 5.08. The molecule has 1 fully saturated rings. The van der Waals surface area contributed by atoms with E-state index in [1.165, 1.54) is 0 Å². The van der Waals surface area contributed by atoms with Gasteiger partial charge < -0.3 is 10.0 Å². The van der Waals surface area contributed by atoms with E-state index in [1.807, 2.05) is 56.3 Å². The maximum absolute atomic E-state index is 13.4. The van der Waals surface area contributed by atoms with Crippen LogP contribution in [0.25, 0.3) is 11.1 Å². The van der Waals surface area contributed by atoms with E-state index in [4.69, 9.17) is 0 Å². The molecule has 6 heteroatoms. The predicted octanol–water partition coefficient (Wildman–Crippen LogP) is 2.76. The number of benzene rings is 1. The third-order valence-corrected chi connectivity index (χ3v) is 5.36. The van der Waals surface area contributed by atoms with Crippen LogP contribution in [0.1, 0.15) is 27.4 Å². The van der Waals surface area contributed by atoms with Crippen LogP contribution in [0.4, 0.5) is 0 Å². The van der Waals surface area contributed by atoms with Crippen molar-refractivity contribution in [3.05, 3.63) is 71.3 Å². The zero-order valence-corrected chi connectivity index (χ0v) is 16.1. The summed E-state index contributed by atoms with van der Waals surface area (Å²) in [5.74, 6) is -0.104. The molecule has 0 aliphatic carbocycles. The second-order valence-corrected chi connectivity index (χ2v) is 7.47. The summed E-state index contributed by atoms with van der Waals surface area (Å²) >= 11 is 0. The summed E-state index contributed by atoms with van der Waals surface area (Å²) < 4.78 is 0. The number of amides is 1. The number of hydrogen-bond acceptors (Lipinski definition) is 4. The van der Waals surface area contributed by atoms with E-state index in [0.29, 0.717) is 30.8 Å². The van der Waals surface area contributed by atoms with Gasteiger partial charge in [-0.3, -0.25) is 14.9 Å². The van der Waals surface area contributed by atoms with Crippen LogP contribution in [0.3, 0.4) is 0 Å². The van der Waals surface area contributed by atoms with Gasteiger partial charge in [0.2, 0.25) is 0 Å². The maximum atomic E-state index is 13.4. The number of rotatable bonds is 4. The molecule has 2 aromatic heterocycles. The zero-order chi connectivity index (χ0) is 19.7. The molecule has 1 aliphatic rings. The number of nitrogens with zero attached hydrogens (tertiary/aromatic N) is 3. The van der Waals surface area contributed by atoms with Gasteiger partial charge >= 0.3 is 0 Å². The van der Waals surface area contributed by atoms with Crippen LogP contribution in [0.5, 0.6) is 0 Å². The highest BCUT2D eigenvalue weighted by Crippen LogP contribution is 2.29. The Morgan fingerprint density at radius 2 is 2.00 bits per heavy atom. The van der Waals surface area contributed by atoms with E-state index in [2.05, 4.69) is 15.2 Å². The van der Waals surface area contributed by atoms with Gasteiger partial charge in [-0.25, -0.2) is 0 Å². The zero-order valence-electron chi connectivity index (χ0n) is 16.1. The summed E-state index contributed by atoms with van der Waals surface area (Å²) in [7, 11) is 0. The van der Waals surface area contributed by atoms with Crippen molar-refractivity contribution in [2.24, 2.45) is 5.92 Å². The molecule has 3 aromatic rings. The van der Waals surface area contributed by atoms with Gasteiger partial charge in [0.15, 0.2) is 0 Å². The number of hydrogen-bond donors (Lipinski definition) is 2. The number of H-pyrrole nitrogens is 1. The SMILES string of the molecule is Cc1cc(C[C@@H]2CN(C(=O)c3c(-c4ccccc4)ccnc3C)C[C@H]2O)n[nH]1. The third kappa shape index (κ3) is 3.55. The minimum Gasteiger partial charge on any atom is -0.391 e. The summed E-state index contributed by atoms with van der Waals surface area (Å²) in [6, 6.07) is 13.7. The molecule has 1 aliphatic heterocycles. The number of pyridine rings is 1. The molecule has 2 atom stereocenters. The lowest BCUT2D eigenvalue weighted by Gasteiger charge is -2.19. The highest BCUT2D eigenvalue weighted by Gasteiger charge is 2.36. The van der Waals surface area contributed by atoms with Gasteiger partial charge in [0.05, 0.1) is 23.1 Å². The molecule has 1 saturated heterocycles. The summed E-state index contributed by atoms with van der Waals surface area (Å²) in [6.07, 6.45) is 1.82. The minimum atomic E-state index is -0.557. The summed E-state index contributed by atoms with van der Waals surface area (Å²) in [4.78, 5) is 19.4. The van der Waals surface area contributed by atoms with Crippen LogP contribution in [-0.4, -0.2) is 50.3 Å². The Kier molecular flexibility index (Phi) is 4.96. The molecule has 0 spiro atoms. The monoisotopic (exact) mass is 376 g/mol. The molecule has 0 unspecified atom stereocenters. The van der Waals surface area contributed by atoms with Crippen LogP contribution in [-0.2, 0) is 6.42 Å². The fraction of sp³-hybridized carbons (Fsp3) is 0.318. The van der Waals surface area contributed by atoms with Crippen molar-refractivity contribution in [3.63, 3.8) is 0 Å². The molecular weight excluding hydrogens is 352 g/mol. The fourth-order valence-corrected chi connectivity index (χ4v) is 3.92. The number of nitrogens with one attached hydrogen (secondary N) is 1. The smallest absolute Gasteiger partial charge is 0.256 e. The van der Waals surface area contributed by atoms with Crippen LogP contribution in [0.2, 0.25) is 0 Å². The lowest BCUT2D eigenvalue weighted by molar-refractivity contribution is 0.0764. The van der Waals surface area contributed by atoms with E-state index in [1.54, 1.807) is 11.1 Å². The quantitative estimate of drug-likeness (QED) is 0.734. The van der Waals surface area contributed by atoms with Crippen molar-refractivity contribution in [2.75, 3.05) is 13.1 Å². The van der Waals surface area contributed by atoms with Gasteiger partial charge in [0, 0.05) is 30.9 Å². The Bertz CT molecular complexity index is 983. The van der Waals surface area contributed by atoms with Crippen LogP contribution in [0.15, 0.2) is 48.7 Å². The first kappa shape index (κ1) is 18.4. The second-order valence-electron chi connectivity index (χ2n) is 7.47. The van der Waals surface area contributed by atoms with Gasteiger partial charge in [-0.05, 0) is 43.5 Å². The average Bonchev–Trinajstić information content (AvgIpc) is 3.27. The molecular formula is C22H24N4O2. The first-order chi connectivity index (χ1) is 13.5. The highest BCUT2D eigenvalue weighted by atomic mass is 16.3. The van der Waals surface area contributed by atoms with E-state index >= 15 is 0 Å². The molecule has 6 nitrogen and oxygen atoms in total. The molecule has 0 radical (unpaired) electrons. The number of carbonyl (C=O) groups is 1. The topological polar surface area (TPSA) is 82.1 Å². The number of aromatic amines is 1. The third-order valence-electron chi connectivity index (χ3n) is 5.36. The molecule has 2 N–H and O–H groups in total. The molecule has 0 saturated carbocycles. The standard InChI is InChI=1S/C22H24N4O2/c1-14-10-18(25-24-14)11-17-12-26(13-20(17)27)22(28)21-15(2)23-9-8-19(21)16-6-4-3-5-7-16/h3-10,17,20,27H,11-13H2,1-2H3,(H,24,25)/t17-,20-/m1/s1. The molecule has 0 bridgehead atoms. The van der Waals surface area contributed by atoms with Crippen molar-refractivity contribution < 1.29 is 9.90 Å². The fourth-order valence-electron chi connectivity index (χ4n) is 3.92. The molecule has 1 amide bonds. The molecule has 3 heterocycles. The van der Waals surface area contributed by atoms with Crippen LogP contribution < -0.4 is 0 Å². The average molecular weight is 376 g/mol. The predicted molar refractivity (Wildman–Crippen MR) is 107 cm³/mol. The van der Waals surface area contributed by atoms with Crippen molar-refractivity contribution >= 4 is 5.91 Å². The van der Waals surface area contributed by atoms with Gasteiger partial charge in [-0.15, -0.1) is 0 Å². The second kappa shape index (κ2) is 7.56. The highest BCUT2D eigenvalue weighted by molar-refractivity contribution is 6.02. The van der Waals surface area contributed by atoms with Crippen molar-refractivity contribution in [3.8, 4) is 11.1 Å². The van der Waals surface area contributed by atoms with Gasteiger partial charge in [-0.1, -0.05) is 30.3 Å². The number of aryl methyl sites for hydroxylation is 2. The number of aromatic nitrogens is 3. The molecule has 4 rings (SSSR count). The van der Waals surface area contributed by atoms with E-state index in [9.17, 15) is 9.90 Å². The van der Waals surface area contributed by atoms with Gasteiger partial charge in [0.25, 0.3) is 5.91 Å². The van der Waals surface area contributed by atoms with Crippen molar-refractivity contribution in [1.82, 2.24) is 20.1 Å². The lowest BCUT2D eigenvalue weighted by Crippen LogP contribution is -2.31. The maximum Gasteiger partial charge on any atom is 0.256 e. The van der Waals surface area contributed by atoms with Gasteiger partial charge in [0.1, 0.15) is 0 Å². The lowest BCUT2D eigenvalue weighted by atomic mass is 9.98. The summed E-state index contributed by atoms with van der Waals surface area (Å²) in [6.45, 7) is 4.65. The van der Waals surface area contributed by atoms with E-state index in [-0.39, 0.29) is 11.8 Å². The van der Waals surface area contributed by atoms with Crippen molar-refractivity contribution in [2.45, 2.75) is 26.4 Å². The Morgan fingerprint density at radius 1 is 1.21 bits per heavy atom. The van der Waals surface area contributed by atoms with Crippen LogP contribution in [0, 0.1) is 19.8 Å². The largest absolute Gasteiger partial charge is 0.391 e.